The summed E-state index contributed by atoms with van der Waals surface area (Å²) in [6.07, 6.45) is 9.17. The zero-order valence-corrected chi connectivity index (χ0v) is 7.38. The molecule has 3 aliphatic carbocycles. The summed E-state index contributed by atoms with van der Waals surface area (Å²) < 4.78 is 5.50. The molecule has 2 bridgehead atoms. The highest BCUT2D eigenvalue weighted by Gasteiger charge is 2.31. The number of rotatable bonds is 1. The van der Waals surface area contributed by atoms with E-state index in [2.05, 4.69) is 0 Å². The van der Waals surface area contributed by atoms with Crippen LogP contribution in [0.2, 0.25) is 0 Å². The second kappa shape index (κ2) is 3.14. The monoisotopic (exact) mass is 154 g/mol. The molecule has 0 aromatic carbocycles. The van der Waals surface area contributed by atoms with E-state index in [0.717, 1.165) is 11.8 Å². The van der Waals surface area contributed by atoms with Gasteiger partial charge in [-0.05, 0) is 37.5 Å². The average molecular weight is 154 g/mol. The van der Waals surface area contributed by atoms with Crippen molar-refractivity contribution in [1.82, 2.24) is 0 Å². The summed E-state index contributed by atoms with van der Waals surface area (Å²) in [6.45, 7) is 0. The van der Waals surface area contributed by atoms with Gasteiger partial charge in [0.15, 0.2) is 0 Å². The maximum atomic E-state index is 5.50. The smallest absolute Gasteiger partial charge is 0.0599 e. The molecule has 0 N–H and O–H groups in total. The van der Waals surface area contributed by atoms with Gasteiger partial charge in [-0.2, -0.15) is 0 Å². The lowest BCUT2D eigenvalue weighted by Crippen LogP contribution is -2.22. The predicted molar refractivity (Wildman–Crippen MR) is 45.5 cm³/mol. The highest BCUT2D eigenvalue weighted by atomic mass is 16.5. The molecule has 1 atom stereocenters. The summed E-state index contributed by atoms with van der Waals surface area (Å²) in [7, 11) is 1.88. The van der Waals surface area contributed by atoms with Crippen LogP contribution in [-0.2, 0) is 4.74 Å². The molecule has 0 unspecified atom stereocenters. The van der Waals surface area contributed by atoms with Gasteiger partial charge in [-0.15, -0.1) is 0 Å². The molecule has 0 heterocycles. The van der Waals surface area contributed by atoms with Crippen LogP contribution in [0.25, 0.3) is 0 Å². The third-order valence-corrected chi connectivity index (χ3v) is 3.58. The summed E-state index contributed by atoms with van der Waals surface area (Å²) in [5.41, 5.74) is 0. The van der Waals surface area contributed by atoms with Crippen LogP contribution in [-0.4, -0.2) is 13.2 Å². The Morgan fingerprint density at radius 3 is 2.18 bits per heavy atom. The number of hydrogen-bond donors (Lipinski definition) is 0. The number of ether oxygens (including phenoxy) is 1. The van der Waals surface area contributed by atoms with Gasteiger partial charge in [-0.3, -0.25) is 0 Å². The van der Waals surface area contributed by atoms with Crippen molar-refractivity contribution in [3.05, 3.63) is 0 Å². The van der Waals surface area contributed by atoms with Crippen LogP contribution in [0.1, 0.15) is 38.5 Å². The quantitative estimate of drug-likeness (QED) is 0.564. The van der Waals surface area contributed by atoms with E-state index in [-0.39, 0.29) is 0 Å². The van der Waals surface area contributed by atoms with Gasteiger partial charge in [0.25, 0.3) is 0 Å². The van der Waals surface area contributed by atoms with Crippen LogP contribution in [0.4, 0.5) is 0 Å². The van der Waals surface area contributed by atoms with Crippen LogP contribution in [0.15, 0.2) is 0 Å². The third kappa shape index (κ3) is 1.44. The molecule has 11 heavy (non-hydrogen) atoms. The van der Waals surface area contributed by atoms with Crippen molar-refractivity contribution in [3.8, 4) is 0 Å². The van der Waals surface area contributed by atoms with Gasteiger partial charge in [0.05, 0.1) is 6.10 Å². The first-order chi connectivity index (χ1) is 5.40. The standard InChI is InChI=1S/C10H18O/c1-11-10-7-4-8-2-5-9(10)6-3-8/h8-10H,2-7H2,1H3/t8?,9?,10-/m0/s1. The summed E-state index contributed by atoms with van der Waals surface area (Å²) in [4.78, 5) is 0. The second-order valence-corrected chi connectivity index (χ2v) is 4.13. The Balaban J connectivity index is 2.03. The van der Waals surface area contributed by atoms with Crippen LogP contribution < -0.4 is 0 Å². The normalized spacial score (nSPS) is 43.9. The highest BCUT2D eigenvalue weighted by molar-refractivity contribution is 4.83. The molecular weight excluding hydrogens is 136 g/mol. The number of hydrogen-bond acceptors (Lipinski definition) is 1. The Bertz CT molecular complexity index is 125. The minimum atomic E-state index is 0.600. The van der Waals surface area contributed by atoms with Gasteiger partial charge in [-0.25, -0.2) is 0 Å². The minimum Gasteiger partial charge on any atom is -0.381 e. The topological polar surface area (TPSA) is 9.23 Å². The molecule has 0 aromatic heterocycles. The van der Waals surface area contributed by atoms with E-state index in [1.54, 1.807) is 0 Å². The fourth-order valence-electron chi connectivity index (χ4n) is 2.79. The number of fused-ring (bicyclic) bond motifs is 4. The molecule has 0 saturated heterocycles. The molecule has 3 rings (SSSR count). The Morgan fingerprint density at radius 1 is 0.909 bits per heavy atom. The van der Waals surface area contributed by atoms with E-state index in [4.69, 9.17) is 4.74 Å². The molecule has 0 aromatic rings. The fraction of sp³-hybridized carbons (Fsp3) is 1.00. The van der Waals surface area contributed by atoms with Gasteiger partial charge in [-0.1, -0.05) is 12.8 Å². The first kappa shape index (κ1) is 7.60. The van der Waals surface area contributed by atoms with E-state index < -0.39 is 0 Å². The van der Waals surface area contributed by atoms with Crippen molar-refractivity contribution in [2.24, 2.45) is 11.8 Å². The molecule has 1 nitrogen and oxygen atoms in total. The van der Waals surface area contributed by atoms with Crippen molar-refractivity contribution >= 4 is 0 Å². The molecule has 1 heteroatoms. The molecule has 0 aliphatic heterocycles. The third-order valence-electron chi connectivity index (χ3n) is 3.58. The molecule has 64 valence electrons. The largest absolute Gasteiger partial charge is 0.381 e. The zero-order chi connectivity index (χ0) is 7.68. The highest BCUT2D eigenvalue weighted by Crippen LogP contribution is 2.39. The predicted octanol–water partition coefficient (Wildman–Crippen LogP) is 2.60. The van der Waals surface area contributed by atoms with E-state index in [9.17, 15) is 0 Å². The van der Waals surface area contributed by atoms with Crippen molar-refractivity contribution in [2.75, 3.05) is 7.11 Å². The van der Waals surface area contributed by atoms with E-state index in [0.29, 0.717) is 6.10 Å². The van der Waals surface area contributed by atoms with Crippen molar-refractivity contribution in [2.45, 2.75) is 44.6 Å². The SMILES string of the molecule is CO[C@H]1CCC2CCC1CC2. The van der Waals surface area contributed by atoms with Gasteiger partial charge in [0.1, 0.15) is 0 Å². The van der Waals surface area contributed by atoms with Gasteiger partial charge < -0.3 is 4.74 Å². The van der Waals surface area contributed by atoms with Crippen molar-refractivity contribution in [1.29, 1.82) is 0 Å². The van der Waals surface area contributed by atoms with Crippen LogP contribution in [0, 0.1) is 11.8 Å². The summed E-state index contributed by atoms with van der Waals surface area (Å²) in [6, 6.07) is 0. The molecule has 0 spiro atoms. The number of methoxy groups -OCH3 is 1. The lowest BCUT2D eigenvalue weighted by atomic mass is 9.83. The fourth-order valence-corrected chi connectivity index (χ4v) is 2.79. The second-order valence-electron chi connectivity index (χ2n) is 4.13. The van der Waals surface area contributed by atoms with E-state index in [1.807, 2.05) is 7.11 Å². The lowest BCUT2D eigenvalue weighted by molar-refractivity contribution is 0.0441. The lowest BCUT2D eigenvalue weighted by Gasteiger charge is -2.26. The van der Waals surface area contributed by atoms with Gasteiger partial charge in [0.2, 0.25) is 0 Å². The molecule has 3 aliphatic rings. The first-order valence-electron chi connectivity index (χ1n) is 4.93. The molecule has 0 radical (unpaired) electrons. The molecule has 3 saturated carbocycles. The molecule has 0 amide bonds. The molecular formula is C10H18O. The van der Waals surface area contributed by atoms with Gasteiger partial charge >= 0.3 is 0 Å². The summed E-state index contributed by atoms with van der Waals surface area (Å²) >= 11 is 0. The Labute approximate surface area is 69.1 Å². The average Bonchev–Trinajstić information content (AvgIpc) is 2.36. The van der Waals surface area contributed by atoms with E-state index >= 15 is 0 Å². The van der Waals surface area contributed by atoms with Gasteiger partial charge in [0, 0.05) is 7.11 Å². The maximum absolute atomic E-state index is 5.50. The van der Waals surface area contributed by atoms with E-state index in [1.165, 1.54) is 38.5 Å². The minimum absolute atomic E-state index is 0.600. The van der Waals surface area contributed by atoms with Crippen LogP contribution in [0.3, 0.4) is 0 Å². The molecule has 3 fully saturated rings. The van der Waals surface area contributed by atoms with Crippen molar-refractivity contribution < 1.29 is 4.74 Å². The van der Waals surface area contributed by atoms with Crippen molar-refractivity contribution in [3.63, 3.8) is 0 Å². The zero-order valence-electron chi connectivity index (χ0n) is 7.38. The first-order valence-corrected chi connectivity index (χ1v) is 4.93. The van der Waals surface area contributed by atoms with Crippen LogP contribution >= 0.6 is 0 Å². The summed E-state index contributed by atoms with van der Waals surface area (Å²) in [5.74, 6) is 1.95. The maximum Gasteiger partial charge on any atom is 0.0599 e. The summed E-state index contributed by atoms with van der Waals surface area (Å²) in [5, 5.41) is 0. The Hall–Kier alpha value is -0.0400. The Morgan fingerprint density at radius 2 is 1.55 bits per heavy atom. The van der Waals surface area contributed by atoms with Crippen LogP contribution in [0.5, 0.6) is 0 Å². The Kier molecular flexibility index (Phi) is 2.17.